The third-order valence-corrected chi connectivity index (χ3v) is 3.66. The van der Waals surface area contributed by atoms with Crippen LogP contribution in [0.2, 0.25) is 0 Å². The van der Waals surface area contributed by atoms with E-state index in [1.807, 2.05) is 0 Å². The molecule has 0 aliphatic carbocycles. The number of aryl methyl sites for hydroxylation is 3. The number of nitrogens with zero attached hydrogens (tertiary/aromatic N) is 2. The number of benzene rings is 1. The maximum Gasteiger partial charge on any atom is 0.359 e. The molecule has 1 atom stereocenters. The van der Waals surface area contributed by atoms with Crippen LogP contribution in [0.25, 0.3) is 0 Å². The van der Waals surface area contributed by atoms with Gasteiger partial charge in [-0.3, -0.25) is 4.98 Å². The lowest BCUT2D eigenvalue weighted by atomic mass is 10.1. The number of carboxylic acid groups (broad SMARTS) is 1. The van der Waals surface area contributed by atoms with E-state index in [2.05, 4.69) is 9.97 Å². The van der Waals surface area contributed by atoms with Crippen LogP contribution in [0.1, 0.15) is 33.1 Å². The summed E-state index contributed by atoms with van der Waals surface area (Å²) in [5.41, 5.74) is 1.91. The van der Waals surface area contributed by atoms with Gasteiger partial charge in [0.2, 0.25) is 6.10 Å². The van der Waals surface area contributed by atoms with Gasteiger partial charge >= 0.3 is 11.9 Å². The Balaban J connectivity index is 2.21. The number of hydrogen-bond donors (Lipinski definition) is 3. The van der Waals surface area contributed by atoms with E-state index in [0.717, 1.165) is 0 Å². The average molecular weight is 346 g/mol. The number of phenolic OH excluding ortho intramolecular Hbond substituents is 2. The highest BCUT2D eigenvalue weighted by molar-refractivity contribution is 5.90. The van der Waals surface area contributed by atoms with E-state index in [1.54, 1.807) is 20.8 Å². The molecule has 8 heteroatoms. The second-order valence-electron chi connectivity index (χ2n) is 5.59. The zero-order valence-electron chi connectivity index (χ0n) is 14.0. The minimum absolute atomic E-state index is 0.0390. The van der Waals surface area contributed by atoms with Crippen molar-refractivity contribution in [2.45, 2.75) is 33.3 Å². The molecule has 1 heterocycles. The molecule has 2 rings (SSSR count). The largest absolute Gasteiger partial charge is 0.504 e. The van der Waals surface area contributed by atoms with Crippen LogP contribution in [0.4, 0.5) is 0 Å². The lowest BCUT2D eigenvalue weighted by Crippen LogP contribution is -2.30. The Morgan fingerprint density at radius 3 is 2.28 bits per heavy atom. The molecule has 0 radical (unpaired) electrons. The summed E-state index contributed by atoms with van der Waals surface area (Å²) in [5.74, 6) is -2.93. The van der Waals surface area contributed by atoms with Gasteiger partial charge in [-0.15, -0.1) is 0 Å². The van der Waals surface area contributed by atoms with Gasteiger partial charge in [0.15, 0.2) is 17.2 Å². The molecule has 3 N–H and O–H groups in total. The lowest BCUT2D eigenvalue weighted by Gasteiger charge is -2.15. The first-order valence-electron chi connectivity index (χ1n) is 7.45. The van der Waals surface area contributed by atoms with Crippen molar-refractivity contribution in [2.75, 3.05) is 0 Å². The standard InChI is InChI=1S/C17H18N2O6/c1-8-9(2)19-15(10(3)18-8)17(24)25-14(16(22)23)7-11-4-5-12(20)13(21)6-11/h4-6,14,20-21H,7H2,1-3H3,(H,22,23). The molecule has 1 aromatic heterocycles. The van der Waals surface area contributed by atoms with Crippen LogP contribution in [0.3, 0.4) is 0 Å². The van der Waals surface area contributed by atoms with Gasteiger partial charge < -0.3 is 20.1 Å². The van der Waals surface area contributed by atoms with Gasteiger partial charge in [0.25, 0.3) is 0 Å². The van der Waals surface area contributed by atoms with E-state index in [4.69, 9.17) is 4.74 Å². The summed E-state index contributed by atoms with van der Waals surface area (Å²) in [6.07, 6.45) is -1.65. The van der Waals surface area contributed by atoms with Crippen molar-refractivity contribution in [1.29, 1.82) is 0 Å². The number of hydrogen-bond acceptors (Lipinski definition) is 7. The fourth-order valence-electron chi connectivity index (χ4n) is 2.18. The van der Waals surface area contributed by atoms with Crippen LogP contribution < -0.4 is 0 Å². The molecule has 25 heavy (non-hydrogen) atoms. The molecule has 0 bridgehead atoms. The van der Waals surface area contributed by atoms with E-state index in [1.165, 1.54) is 18.2 Å². The van der Waals surface area contributed by atoms with Gasteiger partial charge in [-0.05, 0) is 38.5 Å². The lowest BCUT2D eigenvalue weighted by molar-refractivity contribution is -0.147. The summed E-state index contributed by atoms with van der Waals surface area (Å²) in [6, 6.07) is 3.87. The van der Waals surface area contributed by atoms with Gasteiger partial charge in [0.05, 0.1) is 17.1 Å². The number of carbonyl (C=O) groups is 2. The number of carboxylic acids is 1. The molecule has 2 aromatic rings. The van der Waals surface area contributed by atoms with Gasteiger partial charge in [-0.25, -0.2) is 14.6 Å². The van der Waals surface area contributed by atoms with Gasteiger partial charge in [0.1, 0.15) is 0 Å². The molecular formula is C17H18N2O6. The van der Waals surface area contributed by atoms with Gasteiger partial charge in [-0.1, -0.05) is 6.07 Å². The summed E-state index contributed by atoms with van der Waals surface area (Å²) >= 11 is 0. The second kappa shape index (κ2) is 7.16. The summed E-state index contributed by atoms with van der Waals surface area (Å²) in [4.78, 5) is 32.0. The third kappa shape index (κ3) is 4.23. The zero-order valence-corrected chi connectivity index (χ0v) is 14.0. The molecule has 1 unspecified atom stereocenters. The maximum absolute atomic E-state index is 12.3. The molecule has 8 nitrogen and oxygen atoms in total. The van der Waals surface area contributed by atoms with Gasteiger partial charge in [-0.2, -0.15) is 0 Å². The Bertz CT molecular complexity index is 834. The van der Waals surface area contributed by atoms with Crippen molar-refractivity contribution in [3.63, 3.8) is 0 Å². The van der Waals surface area contributed by atoms with E-state index < -0.39 is 18.0 Å². The number of ether oxygens (including phenoxy) is 1. The van der Waals surface area contributed by atoms with Crippen molar-refractivity contribution in [2.24, 2.45) is 0 Å². The highest BCUT2D eigenvalue weighted by atomic mass is 16.6. The quantitative estimate of drug-likeness (QED) is 0.550. The van der Waals surface area contributed by atoms with Crippen LogP contribution >= 0.6 is 0 Å². The molecule has 0 aliphatic heterocycles. The highest BCUT2D eigenvalue weighted by Crippen LogP contribution is 2.25. The molecule has 0 saturated carbocycles. The minimum atomic E-state index is -1.47. The molecule has 0 fully saturated rings. The first-order chi connectivity index (χ1) is 11.7. The normalized spacial score (nSPS) is 11.8. The zero-order chi connectivity index (χ0) is 18.7. The van der Waals surface area contributed by atoms with Gasteiger partial charge in [0, 0.05) is 6.42 Å². The molecule has 132 valence electrons. The van der Waals surface area contributed by atoms with E-state index in [0.29, 0.717) is 22.6 Å². The van der Waals surface area contributed by atoms with Crippen LogP contribution in [-0.4, -0.2) is 43.3 Å². The Morgan fingerprint density at radius 2 is 1.68 bits per heavy atom. The Hall–Kier alpha value is -3.16. The molecule has 1 aromatic carbocycles. The molecular weight excluding hydrogens is 328 g/mol. The molecule has 0 saturated heterocycles. The number of aromatic nitrogens is 2. The van der Waals surface area contributed by atoms with Crippen molar-refractivity contribution >= 4 is 11.9 Å². The monoisotopic (exact) mass is 346 g/mol. The summed E-state index contributed by atoms with van der Waals surface area (Å²) in [7, 11) is 0. The van der Waals surface area contributed by atoms with E-state index in [9.17, 15) is 24.9 Å². The summed E-state index contributed by atoms with van der Waals surface area (Å²) in [6.45, 7) is 5.03. The smallest absolute Gasteiger partial charge is 0.359 e. The number of aromatic hydroxyl groups is 2. The van der Waals surface area contributed by atoms with Crippen LogP contribution in [0.5, 0.6) is 11.5 Å². The van der Waals surface area contributed by atoms with Crippen molar-refractivity contribution < 1.29 is 29.6 Å². The topological polar surface area (TPSA) is 130 Å². The Kier molecular flexibility index (Phi) is 5.21. The first-order valence-corrected chi connectivity index (χ1v) is 7.45. The van der Waals surface area contributed by atoms with E-state index in [-0.39, 0.29) is 23.6 Å². The number of aliphatic carboxylic acids is 1. The average Bonchev–Trinajstić information content (AvgIpc) is 2.53. The van der Waals surface area contributed by atoms with Crippen LogP contribution in [0.15, 0.2) is 18.2 Å². The molecule has 0 aliphatic rings. The summed E-state index contributed by atoms with van der Waals surface area (Å²) in [5, 5.41) is 28.1. The predicted molar refractivity (Wildman–Crippen MR) is 86.6 cm³/mol. The fourth-order valence-corrected chi connectivity index (χ4v) is 2.18. The van der Waals surface area contributed by atoms with Crippen molar-refractivity contribution in [3.05, 3.63) is 46.5 Å². The predicted octanol–water partition coefficient (Wildman–Crippen LogP) is 1.67. The van der Waals surface area contributed by atoms with Crippen LogP contribution in [0, 0.1) is 20.8 Å². The number of rotatable bonds is 5. The fraction of sp³-hybridized carbons (Fsp3) is 0.294. The number of phenols is 2. The van der Waals surface area contributed by atoms with Crippen molar-refractivity contribution in [1.82, 2.24) is 9.97 Å². The SMILES string of the molecule is Cc1nc(C)c(C(=O)OC(Cc2ccc(O)c(O)c2)C(=O)O)nc1C. The Morgan fingerprint density at radius 1 is 1.04 bits per heavy atom. The summed E-state index contributed by atoms with van der Waals surface area (Å²) < 4.78 is 5.06. The first kappa shape index (κ1) is 18.2. The van der Waals surface area contributed by atoms with E-state index >= 15 is 0 Å². The maximum atomic E-state index is 12.3. The molecule has 0 amide bonds. The number of esters is 1. The highest BCUT2D eigenvalue weighted by Gasteiger charge is 2.26. The van der Waals surface area contributed by atoms with Crippen LogP contribution in [-0.2, 0) is 16.0 Å². The number of carbonyl (C=O) groups excluding carboxylic acids is 1. The minimum Gasteiger partial charge on any atom is -0.504 e. The second-order valence-corrected chi connectivity index (χ2v) is 5.59. The van der Waals surface area contributed by atoms with Crippen molar-refractivity contribution in [3.8, 4) is 11.5 Å². The Labute approximate surface area is 143 Å². The third-order valence-electron chi connectivity index (χ3n) is 3.66. The molecule has 0 spiro atoms.